The Hall–Kier alpha value is -1.82. The minimum atomic E-state index is -0.133. The van der Waals surface area contributed by atoms with Gasteiger partial charge < -0.3 is 11.5 Å². The third-order valence-corrected chi connectivity index (χ3v) is 1.81. The van der Waals surface area contributed by atoms with Crippen LogP contribution in [0, 0.1) is 5.41 Å². The van der Waals surface area contributed by atoms with Crippen LogP contribution in [0.2, 0.25) is 0 Å². The van der Waals surface area contributed by atoms with Crippen LogP contribution >= 0.6 is 12.2 Å². The minimum absolute atomic E-state index is 0.0844. The molecule has 0 aliphatic heterocycles. The van der Waals surface area contributed by atoms with Crippen LogP contribution in [-0.4, -0.2) is 16.1 Å². The standard InChI is InChI=1S/C9H13N5S/c10-8(11)14(13-9(12)15)6-7-4-2-1-3-5-7/h1-5H,6H2,(H3,10,11)(H3,12,13,15). The van der Waals surface area contributed by atoms with Gasteiger partial charge >= 0.3 is 0 Å². The molecule has 0 aliphatic rings. The van der Waals surface area contributed by atoms with E-state index >= 15 is 0 Å². The lowest BCUT2D eigenvalue weighted by atomic mass is 10.2. The van der Waals surface area contributed by atoms with Crippen LogP contribution in [-0.2, 0) is 6.54 Å². The molecule has 1 rings (SSSR count). The van der Waals surface area contributed by atoms with Gasteiger partial charge in [0.25, 0.3) is 0 Å². The number of nitrogens with one attached hydrogen (secondary N) is 2. The molecule has 0 bridgehead atoms. The van der Waals surface area contributed by atoms with Crippen LogP contribution in [0.3, 0.4) is 0 Å². The zero-order valence-electron chi connectivity index (χ0n) is 8.10. The lowest BCUT2D eigenvalue weighted by Gasteiger charge is -2.23. The molecule has 6 N–H and O–H groups in total. The van der Waals surface area contributed by atoms with Crippen LogP contribution in [0.5, 0.6) is 0 Å². The van der Waals surface area contributed by atoms with E-state index in [1.807, 2.05) is 30.3 Å². The van der Waals surface area contributed by atoms with Gasteiger partial charge in [0.05, 0.1) is 6.54 Å². The zero-order valence-corrected chi connectivity index (χ0v) is 8.92. The monoisotopic (exact) mass is 223 g/mol. The summed E-state index contributed by atoms with van der Waals surface area (Å²) in [5, 5.41) is 8.78. The topological polar surface area (TPSA) is 91.2 Å². The zero-order chi connectivity index (χ0) is 11.3. The number of rotatable bonds is 2. The molecule has 0 spiro atoms. The van der Waals surface area contributed by atoms with Crippen molar-refractivity contribution in [3.05, 3.63) is 35.9 Å². The molecule has 80 valence electrons. The number of benzene rings is 1. The molecule has 0 amide bonds. The van der Waals surface area contributed by atoms with E-state index in [1.54, 1.807) is 0 Å². The predicted octanol–water partition coefficient (Wildman–Crippen LogP) is 0.130. The largest absolute Gasteiger partial charge is 0.375 e. The van der Waals surface area contributed by atoms with Gasteiger partial charge in [0.1, 0.15) is 0 Å². The van der Waals surface area contributed by atoms with Gasteiger partial charge in [-0.15, -0.1) is 0 Å². The van der Waals surface area contributed by atoms with Crippen molar-refractivity contribution in [2.24, 2.45) is 11.5 Å². The van der Waals surface area contributed by atoms with Crippen molar-refractivity contribution < 1.29 is 0 Å². The fourth-order valence-corrected chi connectivity index (χ4v) is 1.19. The Morgan fingerprint density at radius 2 is 1.93 bits per heavy atom. The molecule has 5 nitrogen and oxygen atoms in total. The summed E-state index contributed by atoms with van der Waals surface area (Å²) in [5.74, 6) is -0.133. The summed E-state index contributed by atoms with van der Waals surface area (Å²) in [5.41, 5.74) is 14.3. The molecule has 1 aromatic carbocycles. The molecule has 0 aliphatic carbocycles. The Labute approximate surface area is 93.5 Å². The van der Waals surface area contributed by atoms with Crippen molar-refractivity contribution in [1.29, 1.82) is 5.41 Å². The van der Waals surface area contributed by atoms with Gasteiger partial charge in [0, 0.05) is 0 Å². The van der Waals surface area contributed by atoms with Crippen molar-refractivity contribution in [2.45, 2.75) is 6.54 Å². The lowest BCUT2D eigenvalue weighted by Crippen LogP contribution is -2.50. The SMILES string of the molecule is N=C(N)N(Cc1ccccc1)NC(N)=S. The first kappa shape index (κ1) is 11.3. The normalized spacial score (nSPS) is 9.33. The molecule has 0 aromatic heterocycles. The van der Waals surface area contributed by atoms with Crippen molar-refractivity contribution in [3.63, 3.8) is 0 Å². The van der Waals surface area contributed by atoms with E-state index in [2.05, 4.69) is 17.6 Å². The van der Waals surface area contributed by atoms with Crippen LogP contribution in [0.15, 0.2) is 30.3 Å². The van der Waals surface area contributed by atoms with Crippen molar-refractivity contribution in [1.82, 2.24) is 10.4 Å². The molecular formula is C9H13N5S. The summed E-state index contributed by atoms with van der Waals surface area (Å²) in [7, 11) is 0. The number of nitrogens with zero attached hydrogens (tertiary/aromatic N) is 1. The molecule has 0 saturated heterocycles. The number of nitrogens with two attached hydrogens (primary N) is 2. The van der Waals surface area contributed by atoms with E-state index in [0.29, 0.717) is 6.54 Å². The fourth-order valence-electron chi connectivity index (χ4n) is 1.08. The summed E-state index contributed by atoms with van der Waals surface area (Å²) in [6, 6.07) is 9.60. The van der Waals surface area contributed by atoms with Gasteiger partial charge in [0.15, 0.2) is 5.11 Å². The molecule has 0 saturated carbocycles. The maximum atomic E-state index is 7.32. The lowest BCUT2D eigenvalue weighted by molar-refractivity contribution is 0.363. The maximum absolute atomic E-state index is 7.32. The van der Waals surface area contributed by atoms with E-state index in [4.69, 9.17) is 16.9 Å². The number of thiocarbonyl (C=S) groups is 1. The first-order valence-electron chi connectivity index (χ1n) is 4.31. The van der Waals surface area contributed by atoms with Crippen LogP contribution in [0.4, 0.5) is 0 Å². The summed E-state index contributed by atoms with van der Waals surface area (Å²) in [6.45, 7) is 0.438. The van der Waals surface area contributed by atoms with Crippen LogP contribution < -0.4 is 16.9 Å². The summed E-state index contributed by atoms with van der Waals surface area (Å²) < 4.78 is 0. The van der Waals surface area contributed by atoms with Crippen molar-refractivity contribution in [3.8, 4) is 0 Å². The highest BCUT2D eigenvalue weighted by atomic mass is 32.1. The Kier molecular flexibility index (Phi) is 3.87. The average molecular weight is 223 g/mol. The van der Waals surface area contributed by atoms with E-state index in [0.717, 1.165) is 5.56 Å². The van der Waals surface area contributed by atoms with Gasteiger partial charge in [-0.1, -0.05) is 30.3 Å². The Balaban J connectivity index is 2.67. The molecule has 1 aromatic rings. The molecular weight excluding hydrogens is 210 g/mol. The van der Waals surface area contributed by atoms with E-state index < -0.39 is 0 Å². The highest BCUT2D eigenvalue weighted by molar-refractivity contribution is 7.80. The number of hydrogen-bond donors (Lipinski definition) is 4. The Bertz CT molecular complexity index is 351. The second kappa shape index (κ2) is 5.16. The van der Waals surface area contributed by atoms with E-state index in [-0.39, 0.29) is 11.1 Å². The van der Waals surface area contributed by atoms with Gasteiger partial charge in [-0.2, -0.15) is 0 Å². The van der Waals surface area contributed by atoms with Gasteiger partial charge in [0.2, 0.25) is 5.96 Å². The summed E-state index contributed by atoms with van der Waals surface area (Å²) in [6.07, 6.45) is 0. The Morgan fingerprint density at radius 3 is 2.40 bits per heavy atom. The van der Waals surface area contributed by atoms with E-state index in [9.17, 15) is 0 Å². The highest BCUT2D eigenvalue weighted by Gasteiger charge is 2.06. The van der Waals surface area contributed by atoms with Gasteiger partial charge in [-0.25, -0.2) is 0 Å². The minimum Gasteiger partial charge on any atom is -0.375 e. The third-order valence-electron chi connectivity index (χ3n) is 1.72. The Morgan fingerprint density at radius 1 is 1.33 bits per heavy atom. The smallest absolute Gasteiger partial charge is 0.207 e. The second-order valence-electron chi connectivity index (χ2n) is 2.93. The maximum Gasteiger partial charge on any atom is 0.207 e. The van der Waals surface area contributed by atoms with E-state index in [1.165, 1.54) is 5.01 Å². The first-order valence-corrected chi connectivity index (χ1v) is 4.72. The third kappa shape index (κ3) is 3.82. The average Bonchev–Trinajstić information content (AvgIpc) is 2.17. The molecule has 15 heavy (non-hydrogen) atoms. The fraction of sp³-hybridized carbons (Fsp3) is 0.111. The molecule has 0 unspecified atom stereocenters. The van der Waals surface area contributed by atoms with Crippen LogP contribution in [0.25, 0.3) is 0 Å². The molecule has 0 fully saturated rings. The van der Waals surface area contributed by atoms with Crippen LogP contribution in [0.1, 0.15) is 5.56 Å². The predicted molar refractivity (Wildman–Crippen MR) is 63.8 cm³/mol. The molecule has 0 radical (unpaired) electrons. The highest BCUT2D eigenvalue weighted by Crippen LogP contribution is 2.01. The van der Waals surface area contributed by atoms with Gasteiger partial charge in [-0.05, 0) is 17.8 Å². The number of hydrazine groups is 1. The number of hydrogen-bond acceptors (Lipinski definition) is 2. The van der Waals surface area contributed by atoms with Crippen molar-refractivity contribution >= 4 is 23.3 Å². The summed E-state index contributed by atoms with van der Waals surface area (Å²) >= 11 is 4.68. The summed E-state index contributed by atoms with van der Waals surface area (Å²) in [4.78, 5) is 0. The van der Waals surface area contributed by atoms with Gasteiger partial charge in [-0.3, -0.25) is 15.8 Å². The molecule has 6 heteroatoms. The second-order valence-corrected chi connectivity index (χ2v) is 3.37. The quantitative estimate of drug-likeness (QED) is 0.248. The van der Waals surface area contributed by atoms with Crippen molar-refractivity contribution in [2.75, 3.05) is 0 Å². The first-order chi connectivity index (χ1) is 7.09. The molecule has 0 atom stereocenters. The number of guanidine groups is 1. The molecule has 0 heterocycles.